The second-order valence-corrected chi connectivity index (χ2v) is 9.55. The number of amides is 1. The van der Waals surface area contributed by atoms with Gasteiger partial charge in [-0.05, 0) is 38.5 Å². The lowest BCUT2D eigenvalue weighted by Gasteiger charge is -2.34. The molecule has 6 nitrogen and oxygen atoms in total. The first-order valence-electron chi connectivity index (χ1n) is 10.2. The third-order valence-electron chi connectivity index (χ3n) is 5.39. The third kappa shape index (κ3) is 5.99. The minimum absolute atomic E-state index is 0.130. The van der Waals surface area contributed by atoms with Crippen molar-refractivity contribution in [2.24, 2.45) is 0 Å². The van der Waals surface area contributed by atoms with Gasteiger partial charge >= 0.3 is 5.97 Å². The van der Waals surface area contributed by atoms with Gasteiger partial charge in [0, 0.05) is 53.2 Å². The summed E-state index contributed by atoms with van der Waals surface area (Å²) in [6.45, 7) is 10.0. The number of carbonyl (C=O) groups is 2. The molecular formula is C22H27Cl2N3O3S. The van der Waals surface area contributed by atoms with Gasteiger partial charge in [-0.3, -0.25) is 14.6 Å². The summed E-state index contributed by atoms with van der Waals surface area (Å²) in [6.07, 6.45) is 0. The molecule has 0 radical (unpaired) electrons. The van der Waals surface area contributed by atoms with Crippen LogP contribution in [0.3, 0.4) is 0 Å². The molecule has 2 aromatic rings. The summed E-state index contributed by atoms with van der Waals surface area (Å²) >= 11 is 14.0. The van der Waals surface area contributed by atoms with Gasteiger partial charge in [-0.25, -0.2) is 4.79 Å². The van der Waals surface area contributed by atoms with Crippen molar-refractivity contribution in [3.63, 3.8) is 0 Å². The highest BCUT2D eigenvalue weighted by molar-refractivity contribution is 7.16. The molecule has 168 valence electrons. The summed E-state index contributed by atoms with van der Waals surface area (Å²) in [7, 11) is 0. The van der Waals surface area contributed by atoms with Gasteiger partial charge in [0.2, 0.25) is 5.91 Å². The molecule has 1 aromatic carbocycles. The zero-order chi connectivity index (χ0) is 22.5. The summed E-state index contributed by atoms with van der Waals surface area (Å²) in [6, 6.07) is 5.54. The number of halogens is 2. The quantitative estimate of drug-likeness (QED) is 0.582. The van der Waals surface area contributed by atoms with Crippen molar-refractivity contribution >= 4 is 51.4 Å². The molecule has 1 amide bonds. The first-order chi connectivity index (χ1) is 14.8. The fourth-order valence-electron chi connectivity index (χ4n) is 3.55. The van der Waals surface area contributed by atoms with E-state index in [-0.39, 0.29) is 12.5 Å². The number of nitrogens with one attached hydrogen (secondary N) is 1. The van der Waals surface area contributed by atoms with Crippen molar-refractivity contribution in [3.8, 4) is 0 Å². The molecule has 0 atom stereocenters. The molecule has 0 aliphatic carbocycles. The molecule has 31 heavy (non-hydrogen) atoms. The van der Waals surface area contributed by atoms with Gasteiger partial charge in [0.1, 0.15) is 5.00 Å². The fraction of sp³-hybridized carbons (Fsp3) is 0.455. The average Bonchev–Trinajstić information content (AvgIpc) is 2.99. The number of benzene rings is 1. The maximum absolute atomic E-state index is 12.6. The molecule has 0 bridgehead atoms. The average molecular weight is 484 g/mol. The Bertz CT molecular complexity index is 935. The van der Waals surface area contributed by atoms with Crippen LogP contribution in [0.15, 0.2) is 18.2 Å². The van der Waals surface area contributed by atoms with Crippen LogP contribution in [0.5, 0.6) is 0 Å². The lowest BCUT2D eigenvalue weighted by molar-refractivity contribution is -0.117. The predicted molar refractivity (Wildman–Crippen MR) is 127 cm³/mol. The zero-order valence-electron chi connectivity index (χ0n) is 18.0. The van der Waals surface area contributed by atoms with E-state index in [4.69, 9.17) is 27.9 Å². The Hall–Kier alpha value is -1.64. The number of piperazine rings is 1. The van der Waals surface area contributed by atoms with E-state index in [0.717, 1.165) is 42.2 Å². The van der Waals surface area contributed by atoms with Gasteiger partial charge in [0.25, 0.3) is 0 Å². The number of aryl methyl sites for hydroxylation is 1. The smallest absolute Gasteiger partial charge is 0.341 e. The van der Waals surface area contributed by atoms with Gasteiger partial charge < -0.3 is 10.1 Å². The normalized spacial score (nSPS) is 15.1. The molecule has 9 heteroatoms. The largest absolute Gasteiger partial charge is 0.462 e. The molecule has 3 rings (SSSR count). The highest BCUT2D eigenvalue weighted by Gasteiger charge is 2.24. The standard InChI is InChI=1S/C22H27Cl2N3O3S/c1-4-30-22(29)20-14(2)15(3)31-21(20)25-19(28)13-27-10-8-26(9-11-27)12-16-17(23)6-5-7-18(16)24/h5-7H,4,8-13H2,1-3H3,(H,25,28). The highest BCUT2D eigenvalue weighted by atomic mass is 35.5. The number of nitrogens with zero attached hydrogens (tertiary/aromatic N) is 2. The Kier molecular flexibility index (Phi) is 8.36. The molecule has 1 N–H and O–H groups in total. The zero-order valence-corrected chi connectivity index (χ0v) is 20.3. The Balaban J connectivity index is 1.54. The van der Waals surface area contributed by atoms with Crippen LogP contribution in [-0.2, 0) is 16.1 Å². The van der Waals surface area contributed by atoms with Crippen LogP contribution < -0.4 is 5.32 Å². The van der Waals surface area contributed by atoms with Gasteiger partial charge in [0.05, 0.1) is 18.7 Å². The Morgan fingerprint density at radius 1 is 1.10 bits per heavy atom. The van der Waals surface area contributed by atoms with Crippen LogP contribution in [0.1, 0.15) is 33.3 Å². The summed E-state index contributed by atoms with van der Waals surface area (Å²) in [5.41, 5.74) is 2.25. The predicted octanol–water partition coefficient (Wildman–Crippen LogP) is 4.60. The molecule has 1 saturated heterocycles. The van der Waals surface area contributed by atoms with Crippen molar-refractivity contribution in [2.45, 2.75) is 27.3 Å². The molecule has 2 heterocycles. The Labute approximate surface area is 197 Å². The van der Waals surface area contributed by atoms with E-state index in [2.05, 4.69) is 15.1 Å². The summed E-state index contributed by atoms with van der Waals surface area (Å²) in [5, 5.41) is 4.82. The topological polar surface area (TPSA) is 61.9 Å². The number of thiophene rings is 1. The number of ether oxygens (including phenoxy) is 1. The molecule has 1 aliphatic rings. The molecule has 1 aromatic heterocycles. The van der Waals surface area contributed by atoms with Crippen LogP contribution in [-0.4, -0.2) is 61.0 Å². The number of hydrogen-bond acceptors (Lipinski definition) is 6. The number of carbonyl (C=O) groups excluding carboxylic acids is 2. The number of hydrogen-bond donors (Lipinski definition) is 1. The lowest BCUT2D eigenvalue weighted by Crippen LogP contribution is -2.48. The summed E-state index contributed by atoms with van der Waals surface area (Å²) < 4.78 is 5.15. The van der Waals surface area contributed by atoms with Crippen molar-refractivity contribution in [2.75, 3.05) is 44.6 Å². The van der Waals surface area contributed by atoms with Crippen LogP contribution in [0.2, 0.25) is 10.0 Å². The van der Waals surface area contributed by atoms with E-state index in [1.54, 1.807) is 6.92 Å². The monoisotopic (exact) mass is 483 g/mol. The minimum Gasteiger partial charge on any atom is -0.462 e. The fourth-order valence-corrected chi connectivity index (χ4v) is 5.13. The SMILES string of the molecule is CCOC(=O)c1c(NC(=O)CN2CCN(Cc3c(Cl)cccc3Cl)CC2)sc(C)c1C. The van der Waals surface area contributed by atoms with E-state index in [1.807, 2.05) is 32.0 Å². The lowest BCUT2D eigenvalue weighted by atomic mass is 10.1. The highest BCUT2D eigenvalue weighted by Crippen LogP contribution is 2.33. The summed E-state index contributed by atoms with van der Waals surface area (Å²) in [5.74, 6) is -0.527. The van der Waals surface area contributed by atoms with E-state index < -0.39 is 5.97 Å². The molecule has 1 aliphatic heterocycles. The summed E-state index contributed by atoms with van der Waals surface area (Å²) in [4.78, 5) is 30.3. The van der Waals surface area contributed by atoms with E-state index in [9.17, 15) is 9.59 Å². The molecular weight excluding hydrogens is 457 g/mol. The molecule has 1 fully saturated rings. The van der Waals surface area contributed by atoms with Gasteiger partial charge in [-0.15, -0.1) is 11.3 Å². The molecule has 0 spiro atoms. The van der Waals surface area contributed by atoms with Crippen LogP contribution >= 0.6 is 34.5 Å². The molecule has 0 unspecified atom stereocenters. The van der Waals surface area contributed by atoms with Crippen molar-refractivity contribution < 1.29 is 14.3 Å². The van der Waals surface area contributed by atoms with Gasteiger partial charge in [0.15, 0.2) is 0 Å². The first kappa shape index (κ1) is 24.0. The first-order valence-corrected chi connectivity index (χ1v) is 11.8. The van der Waals surface area contributed by atoms with Crippen molar-refractivity contribution in [1.29, 1.82) is 0 Å². The second kappa shape index (κ2) is 10.8. The van der Waals surface area contributed by atoms with Gasteiger partial charge in [-0.2, -0.15) is 0 Å². The van der Waals surface area contributed by atoms with E-state index in [1.165, 1.54) is 11.3 Å². The van der Waals surface area contributed by atoms with Crippen LogP contribution in [0, 0.1) is 13.8 Å². The van der Waals surface area contributed by atoms with Crippen LogP contribution in [0.25, 0.3) is 0 Å². The van der Waals surface area contributed by atoms with E-state index >= 15 is 0 Å². The maximum Gasteiger partial charge on any atom is 0.341 e. The minimum atomic E-state index is -0.397. The second-order valence-electron chi connectivity index (χ2n) is 7.51. The van der Waals surface area contributed by atoms with Crippen LogP contribution in [0.4, 0.5) is 5.00 Å². The Morgan fingerprint density at radius 2 is 1.71 bits per heavy atom. The Morgan fingerprint density at radius 3 is 2.32 bits per heavy atom. The number of esters is 1. The van der Waals surface area contributed by atoms with Crippen molar-refractivity contribution in [3.05, 3.63) is 49.8 Å². The maximum atomic E-state index is 12.6. The number of rotatable bonds is 7. The van der Waals surface area contributed by atoms with E-state index in [0.29, 0.717) is 33.8 Å². The molecule has 0 saturated carbocycles. The number of anilines is 1. The van der Waals surface area contributed by atoms with Crippen molar-refractivity contribution in [1.82, 2.24) is 9.80 Å². The third-order valence-corrected chi connectivity index (χ3v) is 7.22. The van der Waals surface area contributed by atoms with Gasteiger partial charge in [-0.1, -0.05) is 29.3 Å².